The van der Waals surface area contributed by atoms with Crippen LogP contribution >= 0.6 is 11.3 Å². The van der Waals surface area contributed by atoms with E-state index >= 15 is 0 Å². The zero-order chi connectivity index (χ0) is 24.0. The molecule has 0 aliphatic carbocycles. The van der Waals surface area contributed by atoms with Gasteiger partial charge in [0.25, 0.3) is 0 Å². The van der Waals surface area contributed by atoms with Gasteiger partial charge in [-0.1, -0.05) is 12.1 Å². The lowest BCUT2D eigenvalue weighted by Gasteiger charge is -2.16. The zero-order valence-corrected chi connectivity index (χ0v) is 18.4. The highest BCUT2D eigenvalue weighted by molar-refractivity contribution is 7.09. The normalized spacial score (nSPS) is 12.1. The minimum Gasteiger partial charge on any atom is -0.476 e. The van der Waals surface area contributed by atoms with E-state index < -0.39 is 30.6 Å². The molecule has 3 rings (SSSR count). The van der Waals surface area contributed by atoms with Crippen LogP contribution < -0.4 is 11.1 Å². The molecule has 0 saturated heterocycles. The minimum absolute atomic E-state index is 0.0110. The Labute approximate surface area is 191 Å². The second-order valence-electron chi connectivity index (χ2n) is 7.13. The van der Waals surface area contributed by atoms with Crippen LogP contribution in [0.1, 0.15) is 45.9 Å². The van der Waals surface area contributed by atoms with Gasteiger partial charge < -0.3 is 16.2 Å². The smallest absolute Gasteiger partial charge is 0.355 e. The Hall–Kier alpha value is -3.55. The first-order chi connectivity index (χ1) is 15.7. The van der Waals surface area contributed by atoms with Gasteiger partial charge in [0.05, 0.1) is 12.2 Å². The maximum atomic E-state index is 13.1. The Balaban J connectivity index is 1.62. The number of carboxylic acids is 1. The van der Waals surface area contributed by atoms with E-state index in [1.807, 2.05) is 6.92 Å². The third-order valence-electron chi connectivity index (χ3n) is 4.66. The van der Waals surface area contributed by atoms with Crippen LogP contribution in [0.3, 0.4) is 0 Å². The van der Waals surface area contributed by atoms with E-state index in [9.17, 15) is 18.4 Å². The van der Waals surface area contributed by atoms with Crippen molar-refractivity contribution in [3.05, 3.63) is 45.6 Å². The Kier molecular flexibility index (Phi) is 7.92. The number of halogens is 2. The molecule has 3 heterocycles. The van der Waals surface area contributed by atoms with Crippen molar-refractivity contribution in [1.82, 2.24) is 35.3 Å². The molecular formula is C19H22F2N8O3S. The molecule has 0 saturated carbocycles. The van der Waals surface area contributed by atoms with Gasteiger partial charge in [0.1, 0.15) is 16.6 Å². The van der Waals surface area contributed by atoms with Gasteiger partial charge >= 0.3 is 5.97 Å². The molecule has 0 aliphatic heterocycles. The SMILES string of the molecule is CCc1ncc(CNC(=O)C(Cc2cn(Cc3nc(C(=O)O)cs3)nn2)CC(F)F)c(N)n1. The van der Waals surface area contributed by atoms with E-state index in [2.05, 4.69) is 30.6 Å². The number of alkyl halides is 2. The molecule has 4 N–H and O–H groups in total. The molecule has 0 aromatic carbocycles. The Morgan fingerprint density at radius 3 is 2.76 bits per heavy atom. The molecule has 0 fully saturated rings. The molecule has 0 aliphatic rings. The number of hydrogen-bond acceptors (Lipinski definition) is 9. The quantitative estimate of drug-likeness (QED) is 0.369. The average molecular weight is 481 g/mol. The number of aryl methyl sites for hydroxylation is 1. The number of hydrogen-bond donors (Lipinski definition) is 3. The number of nitrogens with two attached hydrogens (primary N) is 1. The number of aromatic carboxylic acids is 1. The molecule has 11 nitrogen and oxygen atoms in total. The first kappa shape index (κ1) is 24.1. The van der Waals surface area contributed by atoms with E-state index in [0.717, 1.165) is 11.3 Å². The molecule has 33 heavy (non-hydrogen) atoms. The fourth-order valence-electron chi connectivity index (χ4n) is 2.97. The predicted molar refractivity (Wildman–Crippen MR) is 114 cm³/mol. The number of aromatic nitrogens is 6. The standard InChI is InChI=1S/C19H22F2N8O3S/c1-2-15-23-5-11(17(22)26-15)6-24-18(30)10(4-14(20)21)3-12-7-29(28-27-12)8-16-25-13(9-33-16)19(31)32/h5,7,9-10,14H,2-4,6,8H2,1H3,(H,24,30)(H,31,32)(H2,22,23,26). The average Bonchev–Trinajstić information content (AvgIpc) is 3.41. The van der Waals surface area contributed by atoms with Crippen LogP contribution in [0.25, 0.3) is 0 Å². The topological polar surface area (TPSA) is 162 Å². The van der Waals surface area contributed by atoms with Gasteiger partial charge in [0, 0.05) is 55.1 Å². The summed E-state index contributed by atoms with van der Waals surface area (Å²) in [6.45, 7) is 2.06. The van der Waals surface area contributed by atoms with Crippen molar-refractivity contribution in [2.45, 2.75) is 45.7 Å². The van der Waals surface area contributed by atoms with E-state index in [1.165, 1.54) is 22.5 Å². The van der Waals surface area contributed by atoms with Crippen molar-refractivity contribution in [3.8, 4) is 0 Å². The van der Waals surface area contributed by atoms with Gasteiger partial charge in [-0.25, -0.2) is 33.2 Å². The van der Waals surface area contributed by atoms with E-state index in [-0.39, 0.29) is 31.0 Å². The highest BCUT2D eigenvalue weighted by atomic mass is 32.1. The van der Waals surface area contributed by atoms with Crippen molar-refractivity contribution in [2.75, 3.05) is 5.73 Å². The third kappa shape index (κ3) is 6.71. The number of amides is 1. The molecule has 1 atom stereocenters. The highest BCUT2D eigenvalue weighted by Gasteiger charge is 2.25. The van der Waals surface area contributed by atoms with Gasteiger partial charge in [-0.15, -0.1) is 16.4 Å². The number of rotatable bonds is 11. The van der Waals surface area contributed by atoms with Gasteiger partial charge in [-0.3, -0.25) is 4.79 Å². The molecule has 0 bridgehead atoms. The van der Waals surface area contributed by atoms with Crippen LogP contribution in [0.4, 0.5) is 14.6 Å². The first-order valence-corrected chi connectivity index (χ1v) is 10.9. The molecule has 1 unspecified atom stereocenters. The van der Waals surface area contributed by atoms with E-state index in [4.69, 9.17) is 10.8 Å². The van der Waals surface area contributed by atoms with Crippen molar-refractivity contribution in [3.63, 3.8) is 0 Å². The summed E-state index contributed by atoms with van der Waals surface area (Å²) in [5.41, 5.74) is 6.64. The largest absolute Gasteiger partial charge is 0.476 e. The summed E-state index contributed by atoms with van der Waals surface area (Å²) in [7, 11) is 0. The van der Waals surface area contributed by atoms with Gasteiger partial charge in [0.15, 0.2) is 5.69 Å². The summed E-state index contributed by atoms with van der Waals surface area (Å²) in [5.74, 6) is -1.95. The Morgan fingerprint density at radius 1 is 1.33 bits per heavy atom. The highest BCUT2D eigenvalue weighted by Crippen LogP contribution is 2.18. The van der Waals surface area contributed by atoms with Gasteiger partial charge in [-0.05, 0) is 0 Å². The maximum absolute atomic E-state index is 13.1. The van der Waals surface area contributed by atoms with Crippen LogP contribution in [0.15, 0.2) is 17.8 Å². The zero-order valence-electron chi connectivity index (χ0n) is 17.6. The lowest BCUT2D eigenvalue weighted by molar-refractivity contribution is -0.126. The molecule has 14 heteroatoms. The van der Waals surface area contributed by atoms with Gasteiger partial charge in [-0.2, -0.15) is 0 Å². The second-order valence-corrected chi connectivity index (χ2v) is 8.08. The van der Waals surface area contributed by atoms with Crippen LogP contribution in [0.5, 0.6) is 0 Å². The van der Waals surface area contributed by atoms with Crippen molar-refractivity contribution in [1.29, 1.82) is 0 Å². The summed E-state index contributed by atoms with van der Waals surface area (Å²) in [6.07, 6.45) is 0.255. The fourth-order valence-corrected chi connectivity index (χ4v) is 3.73. The molecule has 176 valence electrons. The van der Waals surface area contributed by atoms with Gasteiger partial charge in [0.2, 0.25) is 12.3 Å². The molecule has 1 amide bonds. The number of thiazole rings is 1. The van der Waals surface area contributed by atoms with E-state index in [1.54, 1.807) is 0 Å². The summed E-state index contributed by atoms with van der Waals surface area (Å²) in [4.78, 5) is 35.7. The van der Waals surface area contributed by atoms with Crippen LogP contribution in [0.2, 0.25) is 0 Å². The lowest BCUT2D eigenvalue weighted by Crippen LogP contribution is -2.33. The molecule has 3 aromatic heterocycles. The summed E-state index contributed by atoms with van der Waals surface area (Å²) < 4.78 is 27.6. The number of anilines is 1. The van der Waals surface area contributed by atoms with Crippen molar-refractivity contribution >= 4 is 29.0 Å². The molecule has 0 radical (unpaired) electrons. The third-order valence-corrected chi connectivity index (χ3v) is 5.49. The van der Waals surface area contributed by atoms with E-state index in [0.29, 0.717) is 28.5 Å². The monoisotopic (exact) mass is 480 g/mol. The number of carboxylic acid groups (broad SMARTS) is 1. The number of nitrogen functional groups attached to an aromatic ring is 1. The number of carbonyl (C=O) groups is 2. The Morgan fingerprint density at radius 2 is 2.12 bits per heavy atom. The van der Waals surface area contributed by atoms with Crippen molar-refractivity contribution in [2.24, 2.45) is 5.92 Å². The minimum atomic E-state index is -2.68. The number of nitrogens with one attached hydrogen (secondary N) is 1. The first-order valence-electron chi connectivity index (χ1n) is 9.98. The summed E-state index contributed by atoms with van der Waals surface area (Å²) in [6, 6.07) is 0. The molecule has 0 spiro atoms. The summed E-state index contributed by atoms with van der Waals surface area (Å²) in [5, 5.41) is 21.3. The van der Waals surface area contributed by atoms with Crippen LogP contribution in [-0.4, -0.2) is 53.4 Å². The number of nitrogens with zero attached hydrogens (tertiary/aromatic N) is 6. The predicted octanol–water partition coefficient (Wildman–Crippen LogP) is 1.55. The van der Waals surface area contributed by atoms with Crippen LogP contribution in [0, 0.1) is 5.92 Å². The lowest BCUT2D eigenvalue weighted by atomic mass is 9.98. The molecular weight excluding hydrogens is 458 g/mol. The van der Waals surface area contributed by atoms with Crippen molar-refractivity contribution < 1.29 is 23.5 Å². The molecule has 3 aromatic rings. The number of carbonyl (C=O) groups excluding carboxylic acids is 1. The Bertz CT molecular complexity index is 1120. The van der Waals surface area contributed by atoms with Crippen LogP contribution in [-0.2, 0) is 30.7 Å². The second kappa shape index (κ2) is 10.8. The maximum Gasteiger partial charge on any atom is 0.355 e. The fraction of sp³-hybridized carbons (Fsp3) is 0.421. The summed E-state index contributed by atoms with van der Waals surface area (Å²) >= 11 is 1.15.